The van der Waals surface area contributed by atoms with E-state index in [1.807, 2.05) is 0 Å². The molecule has 1 aliphatic carbocycles. The number of morpholine rings is 1. The van der Waals surface area contributed by atoms with E-state index in [1.54, 1.807) is 0 Å². The van der Waals surface area contributed by atoms with Crippen LogP contribution in [0.5, 0.6) is 0 Å². The SMILES string of the molecule is Cc1ccc(C(C)CNC2CCCC2C2COCCN2)cc1. The maximum atomic E-state index is 5.66. The minimum atomic E-state index is 0.545. The van der Waals surface area contributed by atoms with E-state index < -0.39 is 0 Å². The normalized spacial score (nSPS) is 30.4. The molecule has 2 fully saturated rings. The van der Waals surface area contributed by atoms with Gasteiger partial charge in [0, 0.05) is 25.2 Å². The van der Waals surface area contributed by atoms with E-state index in [0.29, 0.717) is 18.0 Å². The quantitative estimate of drug-likeness (QED) is 0.877. The first-order valence-corrected chi connectivity index (χ1v) is 8.85. The van der Waals surface area contributed by atoms with Crippen molar-refractivity contribution in [3.63, 3.8) is 0 Å². The molecule has 0 radical (unpaired) electrons. The number of hydrogen-bond acceptors (Lipinski definition) is 3. The Balaban J connectivity index is 1.52. The lowest BCUT2D eigenvalue weighted by Gasteiger charge is -2.33. The van der Waals surface area contributed by atoms with E-state index in [9.17, 15) is 0 Å². The molecule has 3 nitrogen and oxygen atoms in total. The van der Waals surface area contributed by atoms with Crippen molar-refractivity contribution >= 4 is 0 Å². The van der Waals surface area contributed by atoms with Gasteiger partial charge in [0.05, 0.1) is 13.2 Å². The first kappa shape index (κ1) is 16.0. The van der Waals surface area contributed by atoms with Crippen molar-refractivity contribution in [1.82, 2.24) is 10.6 Å². The molecule has 2 aliphatic rings. The summed E-state index contributed by atoms with van der Waals surface area (Å²) in [7, 11) is 0. The number of aryl methyl sites for hydroxylation is 1. The zero-order valence-electron chi connectivity index (χ0n) is 14.0. The number of ether oxygens (including phenoxy) is 1. The summed E-state index contributed by atoms with van der Waals surface area (Å²) in [6.07, 6.45) is 3.99. The van der Waals surface area contributed by atoms with Gasteiger partial charge < -0.3 is 15.4 Å². The highest BCUT2D eigenvalue weighted by molar-refractivity contribution is 5.24. The number of hydrogen-bond donors (Lipinski definition) is 2. The molecule has 0 amide bonds. The fourth-order valence-electron chi connectivity index (χ4n) is 3.93. The highest BCUT2D eigenvalue weighted by atomic mass is 16.5. The van der Waals surface area contributed by atoms with Crippen LogP contribution in [0.2, 0.25) is 0 Å². The lowest BCUT2D eigenvalue weighted by atomic mass is 9.93. The van der Waals surface area contributed by atoms with E-state index in [-0.39, 0.29) is 0 Å². The largest absolute Gasteiger partial charge is 0.379 e. The van der Waals surface area contributed by atoms with E-state index in [4.69, 9.17) is 4.74 Å². The Morgan fingerprint density at radius 2 is 2.09 bits per heavy atom. The van der Waals surface area contributed by atoms with E-state index in [0.717, 1.165) is 32.2 Å². The molecule has 1 aromatic rings. The molecular formula is C19H30N2O. The van der Waals surface area contributed by atoms with Gasteiger partial charge >= 0.3 is 0 Å². The average molecular weight is 302 g/mol. The minimum absolute atomic E-state index is 0.545. The Morgan fingerprint density at radius 3 is 2.82 bits per heavy atom. The van der Waals surface area contributed by atoms with Crippen LogP contribution in [0.3, 0.4) is 0 Å². The maximum absolute atomic E-state index is 5.66. The third kappa shape index (κ3) is 3.89. The lowest BCUT2D eigenvalue weighted by molar-refractivity contribution is 0.0525. The molecule has 122 valence electrons. The summed E-state index contributed by atoms with van der Waals surface area (Å²) in [6.45, 7) is 8.30. The predicted octanol–water partition coefficient (Wildman–Crippen LogP) is 2.85. The van der Waals surface area contributed by atoms with Gasteiger partial charge in [-0.15, -0.1) is 0 Å². The molecule has 22 heavy (non-hydrogen) atoms. The zero-order chi connectivity index (χ0) is 15.4. The van der Waals surface area contributed by atoms with Crippen molar-refractivity contribution in [2.45, 2.75) is 51.1 Å². The van der Waals surface area contributed by atoms with Crippen LogP contribution in [-0.2, 0) is 4.74 Å². The standard InChI is InChI=1S/C19H30N2O/c1-14-6-8-16(9-7-14)15(2)12-21-18-5-3-4-17(18)19-13-22-11-10-20-19/h6-9,15,17-21H,3-5,10-13H2,1-2H3. The Bertz CT molecular complexity index is 453. The first-order chi connectivity index (χ1) is 10.7. The van der Waals surface area contributed by atoms with E-state index in [2.05, 4.69) is 48.7 Å². The van der Waals surface area contributed by atoms with Crippen LogP contribution in [0, 0.1) is 12.8 Å². The summed E-state index contributed by atoms with van der Waals surface area (Å²) in [5.74, 6) is 1.29. The van der Waals surface area contributed by atoms with Gasteiger partial charge in [-0.1, -0.05) is 43.2 Å². The highest BCUT2D eigenvalue weighted by Gasteiger charge is 2.34. The molecular weight excluding hydrogens is 272 g/mol. The van der Waals surface area contributed by atoms with Crippen molar-refractivity contribution < 1.29 is 4.74 Å². The number of rotatable bonds is 5. The molecule has 1 aromatic carbocycles. The molecule has 4 unspecified atom stereocenters. The van der Waals surface area contributed by atoms with Gasteiger partial charge in [0.1, 0.15) is 0 Å². The second-order valence-electron chi connectivity index (χ2n) is 7.06. The summed E-state index contributed by atoms with van der Waals surface area (Å²) >= 11 is 0. The Morgan fingerprint density at radius 1 is 1.27 bits per heavy atom. The monoisotopic (exact) mass is 302 g/mol. The van der Waals surface area contributed by atoms with Gasteiger partial charge in [-0.2, -0.15) is 0 Å². The van der Waals surface area contributed by atoms with Gasteiger partial charge in [-0.05, 0) is 37.2 Å². The molecule has 4 atom stereocenters. The molecule has 1 saturated heterocycles. The topological polar surface area (TPSA) is 33.3 Å². The predicted molar refractivity (Wildman–Crippen MR) is 91.3 cm³/mol. The number of nitrogens with one attached hydrogen (secondary N) is 2. The van der Waals surface area contributed by atoms with Crippen LogP contribution in [0.15, 0.2) is 24.3 Å². The third-order valence-electron chi connectivity index (χ3n) is 5.37. The maximum Gasteiger partial charge on any atom is 0.0623 e. The molecule has 0 bridgehead atoms. The van der Waals surface area contributed by atoms with Gasteiger partial charge in [-0.25, -0.2) is 0 Å². The van der Waals surface area contributed by atoms with Crippen LogP contribution in [0.1, 0.15) is 43.2 Å². The van der Waals surface area contributed by atoms with Gasteiger partial charge in [0.15, 0.2) is 0 Å². The fraction of sp³-hybridized carbons (Fsp3) is 0.684. The Hall–Kier alpha value is -0.900. The molecule has 3 heteroatoms. The lowest BCUT2D eigenvalue weighted by Crippen LogP contribution is -2.51. The van der Waals surface area contributed by atoms with Crippen molar-refractivity contribution in [2.24, 2.45) is 5.92 Å². The molecule has 2 N–H and O–H groups in total. The molecule has 1 heterocycles. The summed E-state index contributed by atoms with van der Waals surface area (Å²) in [5.41, 5.74) is 2.77. The summed E-state index contributed by atoms with van der Waals surface area (Å²) in [6, 6.07) is 10.2. The summed E-state index contributed by atoms with van der Waals surface area (Å²) < 4.78 is 5.66. The first-order valence-electron chi connectivity index (χ1n) is 8.85. The molecule has 3 rings (SSSR count). The van der Waals surface area contributed by atoms with Crippen LogP contribution < -0.4 is 10.6 Å². The van der Waals surface area contributed by atoms with Crippen molar-refractivity contribution in [1.29, 1.82) is 0 Å². The molecule has 0 spiro atoms. The Kier molecular flexibility index (Phi) is 5.51. The third-order valence-corrected chi connectivity index (χ3v) is 5.37. The Labute approximate surface area is 134 Å². The van der Waals surface area contributed by atoms with Crippen LogP contribution in [0.25, 0.3) is 0 Å². The summed E-state index contributed by atoms with van der Waals surface area (Å²) in [5, 5.41) is 7.50. The van der Waals surface area contributed by atoms with Gasteiger partial charge in [-0.3, -0.25) is 0 Å². The van der Waals surface area contributed by atoms with Gasteiger partial charge in [0.2, 0.25) is 0 Å². The second-order valence-corrected chi connectivity index (χ2v) is 7.06. The van der Waals surface area contributed by atoms with Crippen LogP contribution in [-0.4, -0.2) is 38.4 Å². The smallest absolute Gasteiger partial charge is 0.0623 e. The van der Waals surface area contributed by atoms with Gasteiger partial charge in [0.25, 0.3) is 0 Å². The highest BCUT2D eigenvalue weighted by Crippen LogP contribution is 2.30. The van der Waals surface area contributed by atoms with Crippen molar-refractivity contribution in [2.75, 3.05) is 26.3 Å². The zero-order valence-corrected chi connectivity index (χ0v) is 14.0. The van der Waals surface area contributed by atoms with Crippen LogP contribution >= 0.6 is 0 Å². The van der Waals surface area contributed by atoms with Crippen molar-refractivity contribution in [3.05, 3.63) is 35.4 Å². The van der Waals surface area contributed by atoms with E-state index >= 15 is 0 Å². The molecule has 1 saturated carbocycles. The molecule has 1 aliphatic heterocycles. The number of benzene rings is 1. The minimum Gasteiger partial charge on any atom is -0.379 e. The summed E-state index contributed by atoms with van der Waals surface area (Å²) in [4.78, 5) is 0. The van der Waals surface area contributed by atoms with Crippen molar-refractivity contribution in [3.8, 4) is 0 Å². The molecule has 0 aromatic heterocycles. The average Bonchev–Trinajstić information content (AvgIpc) is 3.02. The van der Waals surface area contributed by atoms with Crippen LogP contribution in [0.4, 0.5) is 0 Å². The van der Waals surface area contributed by atoms with E-state index in [1.165, 1.54) is 30.4 Å². The fourth-order valence-corrected chi connectivity index (χ4v) is 3.93. The second kappa shape index (κ2) is 7.58.